The van der Waals surface area contributed by atoms with Gasteiger partial charge in [0.05, 0.1) is 6.61 Å². The Balaban J connectivity index is 1.53. The third-order valence-corrected chi connectivity index (χ3v) is 5.24. The zero-order chi connectivity index (χ0) is 20.8. The van der Waals surface area contributed by atoms with Crippen LogP contribution in [0, 0.1) is 0 Å². The van der Waals surface area contributed by atoms with E-state index in [2.05, 4.69) is 10.3 Å². The molecule has 3 atom stereocenters. The van der Waals surface area contributed by atoms with Crippen molar-refractivity contribution >= 4 is 11.7 Å². The Bertz CT molecular complexity index is 1010. The minimum atomic E-state index is -3.80. The van der Waals surface area contributed by atoms with E-state index in [0.717, 1.165) is 31.0 Å². The number of halogens is 2. The molecule has 2 aliphatic rings. The first kappa shape index (κ1) is 19.6. The topological polar surface area (TPSA) is 114 Å². The van der Waals surface area contributed by atoms with Gasteiger partial charge in [0.15, 0.2) is 6.10 Å². The summed E-state index contributed by atoms with van der Waals surface area (Å²) in [4.78, 5) is 28.3. The first-order chi connectivity index (χ1) is 13.8. The van der Waals surface area contributed by atoms with Crippen LogP contribution in [-0.4, -0.2) is 50.4 Å². The normalized spacial score (nSPS) is 25.0. The molecule has 0 radical (unpaired) electrons. The molecule has 154 valence electrons. The molecule has 2 heterocycles. The van der Waals surface area contributed by atoms with Crippen LogP contribution in [0.4, 0.5) is 14.6 Å². The first-order valence-electron chi connectivity index (χ1n) is 9.16. The lowest BCUT2D eigenvalue weighted by Gasteiger charge is -2.21. The van der Waals surface area contributed by atoms with Gasteiger partial charge in [-0.1, -0.05) is 6.07 Å². The fourth-order valence-corrected chi connectivity index (χ4v) is 3.68. The lowest BCUT2D eigenvalue weighted by atomic mass is 10.1. The molecule has 1 aromatic carbocycles. The molecule has 3 N–H and O–H groups in total. The van der Waals surface area contributed by atoms with Crippen LogP contribution < -0.4 is 11.0 Å². The van der Waals surface area contributed by atoms with E-state index < -0.39 is 42.6 Å². The predicted molar refractivity (Wildman–Crippen MR) is 96.9 cm³/mol. The molecule has 3 unspecified atom stereocenters. The van der Waals surface area contributed by atoms with E-state index in [4.69, 9.17) is 9.84 Å². The van der Waals surface area contributed by atoms with Gasteiger partial charge in [0.1, 0.15) is 11.9 Å². The number of aliphatic hydroxyl groups excluding tert-OH is 2. The molecule has 29 heavy (non-hydrogen) atoms. The van der Waals surface area contributed by atoms with E-state index in [-0.39, 0.29) is 5.82 Å². The van der Waals surface area contributed by atoms with Gasteiger partial charge >= 0.3 is 11.6 Å². The van der Waals surface area contributed by atoms with Crippen molar-refractivity contribution in [2.75, 3.05) is 11.9 Å². The van der Waals surface area contributed by atoms with Gasteiger partial charge in [-0.2, -0.15) is 13.8 Å². The number of alkyl halides is 2. The van der Waals surface area contributed by atoms with Crippen molar-refractivity contribution in [1.82, 2.24) is 9.55 Å². The van der Waals surface area contributed by atoms with Crippen LogP contribution in [0.25, 0.3) is 0 Å². The number of hydrogen-bond acceptors (Lipinski definition) is 6. The number of fused-ring (bicyclic) bond motifs is 1. The predicted octanol–water partition coefficient (Wildman–Crippen LogP) is 0.870. The van der Waals surface area contributed by atoms with Crippen LogP contribution >= 0.6 is 0 Å². The number of aliphatic hydroxyl groups is 2. The van der Waals surface area contributed by atoms with E-state index >= 15 is 0 Å². The van der Waals surface area contributed by atoms with Crippen LogP contribution in [0.5, 0.6) is 0 Å². The van der Waals surface area contributed by atoms with E-state index in [9.17, 15) is 23.5 Å². The van der Waals surface area contributed by atoms with Gasteiger partial charge in [0, 0.05) is 11.8 Å². The molecule has 0 bridgehead atoms. The third kappa shape index (κ3) is 3.43. The second kappa shape index (κ2) is 7.29. The SMILES string of the molecule is O=C(Nc1ccn(C2OC(CO)C(O)C2(F)F)c(=O)n1)c1ccc2c(c1)CCC2. The monoisotopic (exact) mass is 407 g/mol. The number of amides is 1. The largest absolute Gasteiger partial charge is 0.394 e. The number of hydrogen-bond donors (Lipinski definition) is 3. The Hall–Kier alpha value is -2.69. The summed E-state index contributed by atoms with van der Waals surface area (Å²) in [6.45, 7) is -0.829. The maximum Gasteiger partial charge on any atom is 0.351 e. The maximum atomic E-state index is 14.2. The summed E-state index contributed by atoms with van der Waals surface area (Å²) < 4.78 is 33.8. The van der Waals surface area contributed by atoms with Gasteiger partial charge in [-0.3, -0.25) is 9.36 Å². The van der Waals surface area contributed by atoms with E-state index in [0.29, 0.717) is 10.1 Å². The van der Waals surface area contributed by atoms with Crippen molar-refractivity contribution in [2.24, 2.45) is 0 Å². The standard InChI is InChI=1S/C19H19F2N3O5/c20-19(21)15(26)13(9-25)29-17(19)24-7-6-14(23-18(24)28)22-16(27)12-5-4-10-2-1-3-11(10)8-12/h4-8,13,15,17,25-26H,1-3,9H2,(H,22,23,27,28). The fourth-order valence-electron chi connectivity index (χ4n) is 3.68. The van der Waals surface area contributed by atoms with Gasteiger partial charge in [0.2, 0.25) is 6.23 Å². The summed E-state index contributed by atoms with van der Waals surface area (Å²) in [5.41, 5.74) is 1.64. The molecule has 2 aromatic rings. The van der Waals surface area contributed by atoms with Gasteiger partial charge in [0.25, 0.3) is 5.91 Å². The first-order valence-corrected chi connectivity index (χ1v) is 9.16. The quantitative estimate of drug-likeness (QED) is 0.693. The number of carbonyl (C=O) groups is 1. The van der Waals surface area contributed by atoms with Crippen LogP contribution in [0.15, 0.2) is 35.3 Å². The summed E-state index contributed by atoms with van der Waals surface area (Å²) in [7, 11) is 0. The fraction of sp³-hybridized carbons (Fsp3) is 0.421. The van der Waals surface area contributed by atoms with Gasteiger partial charge in [-0.05, 0) is 48.6 Å². The second-order valence-electron chi connectivity index (χ2n) is 7.12. The number of benzene rings is 1. The van der Waals surface area contributed by atoms with Crippen molar-refractivity contribution < 1.29 is 28.5 Å². The summed E-state index contributed by atoms with van der Waals surface area (Å²) in [6, 6.07) is 6.56. The van der Waals surface area contributed by atoms with E-state index in [1.807, 2.05) is 6.07 Å². The molecular weight excluding hydrogens is 388 g/mol. The molecule has 8 nitrogen and oxygen atoms in total. The Morgan fingerprint density at radius 2 is 2.07 bits per heavy atom. The van der Waals surface area contributed by atoms with Gasteiger partial charge in [-0.25, -0.2) is 4.79 Å². The summed E-state index contributed by atoms with van der Waals surface area (Å²) in [5.74, 6) is -4.37. The molecule has 10 heteroatoms. The molecule has 0 spiro atoms. The van der Waals surface area contributed by atoms with Gasteiger partial charge in [-0.15, -0.1) is 0 Å². The molecule has 1 amide bonds. The average molecular weight is 407 g/mol. The number of carbonyl (C=O) groups excluding carboxylic acids is 1. The molecule has 4 rings (SSSR count). The van der Waals surface area contributed by atoms with Crippen LogP contribution in [-0.2, 0) is 17.6 Å². The van der Waals surface area contributed by atoms with Crippen molar-refractivity contribution in [3.8, 4) is 0 Å². The van der Waals surface area contributed by atoms with Crippen LogP contribution in [0.1, 0.15) is 34.1 Å². The van der Waals surface area contributed by atoms with Crippen LogP contribution in [0.3, 0.4) is 0 Å². The Morgan fingerprint density at radius 3 is 2.76 bits per heavy atom. The number of anilines is 1. The Morgan fingerprint density at radius 1 is 1.31 bits per heavy atom. The highest BCUT2D eigenvalue weighted by Gasteiger charge is 2.59. The lowest BCUT2D eigenvalue weighted by Crippen LogP contribution is -2.41. The second-order valence-corrected chi connectivity index (χ2v) is 7.12. The zero-order valence-corrected chi connectivity index (χ0v) is 15.2. The van der Waals surface area contributed by atoms with Crippen LogP contribution in [0.2, 0.25) is 0 Å². The molecule has 1 aromatic heterocycles. The van der Waals surface area contributed by atoms with Gasteiger partial charge < -0.3 is 20.3 Å². The molecule has 1 aliphatic carbocycles. The number of nitrogens with zero attached hydrogens (tertiary/aromatic N) is 2. The highest BCUT2D eigenvalue weighted by Crippen LogP contribution is 2.41. The molecule has 1 fully saturated rings. The van der Waals surface area contributed by atoms with Crippen molar-refractivity contribution in [2.45, 2.75) is 43.6 Å². The Kier molecular flexibility index (Phi) is 4.93. The lowest BCUT2D eigenvalue weighted by molar-refractivity contribution is -0.140. The number of aromatic nitrogens is 2. The summed E-state index contributed by atoms with van der Waals surface area (Å²) >= 11 is 0. The summed E-state index contributed by atoms with van der Waals surface area (Å²) in [5, 5.41) is 21.1. The van der Waals surface area contributed by atoms with E-state index in [1.165, 1.54) is 11.6 Å². The molecule has 1 aliphatic heterocycles. The number of rotatable bonds is 4. The molecule has 0 saturated carbocycles. The smallest absolute Gasteiger partial charge is 0.351 e. The highest BCUT2D eigenvalue weighted by atomic mass is 19.3. The number of aryl methyl sites for hydroxylation is 2. The average Bonchev–Trinajstić information content (AvgIpc) is 3.24. The van der Waals surface area contributed by atoms with E-state index in [1.54, 1.807) is 12.1 Å². The van der Waals surface area contributed by atoms with Crippen molar-refractivity contribution in [3.63, 3.8) is 0 Å². The minimum absolute atomic E-state index is 0.0997. The third-order valence-electron chi connectivity index (χ3n) is 5.24. The maximum absolute atomic E-state index is 14.2. The van der Waals surface area contributed by atoms with Crippen molar-refractivity contribution in [1.29, 1.82) is 0 Å². The van der Waals surface area contributed by atoms with Crippen molar-refractivity contribution in [3.05, 3.63) is 57.6 Å². The molecule has 1 saturated heterocycles. The molecular formula is C19H19F2N3O5. The minimum Gasteiger partial charge on any atom is -0.394 e. The highest BCUT2D eigenvalue weighted by molar-refractivity contribution is 6.03. The number of nitrogens with one attached hydrogen (secondary N) is 1. The number of ether oxygens (including phenoxy) is 1. The summed E-state index contributed by atoms with van der Waals surface area (Å²) in [6.07, 6.45) is -1.98. The zero-order valence-electron chi connectivity index (χ0n) is 15.2. The Labute approximate surface area is 163 Å².